The molecule has 1 aromatic heterocycles. The van der Waals surface area contributed by atoms with Gasteiger partial charge in [0, 0.05) is 49.2 Å². The van der Waals surface area contributed by atoms with Gasteiger partial charge in [-0.15, -0.1) is 6.42 Å². The first-order chi connectivity index (χ1) is 12.1. The van der Waals surface area contributed by atoms with Gasteiger partial charge in [0.25, 0.3) is 0 Å². The Morgan fingerprint density at radius 2 is 1.96 bits per heavy atom. The van der Waals surface area contributed by atoms with Crippen molar-refractivity contribution >= 4 is 16.7 Å². The zero-order valence-corrected chi connectivity index (χ0v) is 15.0. The van der Waals surface area contributed by atoms with Gasteiger partial charge >= 0.3 is 0 Å². The standard InChI is InChI=1S/C17H18FN3O.C3H8/c1-2-3-17(22)16-9-12-8-13(14(18)10-15(12)20-16)11-21-6-4-19-5-7-21;1-3-2/h1,8-10,19-20H,3-7,11H2;3H2,1-2H3. The molecule has 0 unspecified atom stereocenters. The van der Waals surface area contributed by atoms with Crippen LogP contribution in [0.25, 0.3) is 10.9 Å². The Morgan fingerprint density at radius 1 is 1.28 bits per heavy atom. The van der Waals surface area contributed by atoms with Crippen LogP contribution in [0.3, 0.4) is 0 Å². The molecule has 0 amide bonds. The number of aromatic nitrogens is 1. The topological polar surface area (TPSA) is 48.1 Å². The van der Waals surface area contributed by atoms with Gasteiger partial charge in [0.15, 0.2) is 5.78 Å². The summed E-state index contributed by atoms with van der Waals surface area (Å²) in [6.07, 6.45) is 6.45. The number of piperazine rings is 1. The Bertz CT molecular complexity index is 754. The van der Waals surface area contributed by atoms with Crippen molar-refractivity contribution in [2.75, 3.05) is 26.2 Å². The van der Waals surface area contributed by atoms with Crippen molar-refractivity contribution in [1.82, 2.24) is 15.2 Å². The Kier molecular flexibility index (Phi) is 7.17. The summed E-state index contributed by atoms with van der Waals surface area (Å²) in [4.78, 5) is 17.0. The third kappa shape index (κ3) is 5.15. The van der Waals surface area contributed by atoms with Crippen LogP contribution in [-0.2, 0) is 6.54 Å². The van der Waals surface area contributed by atoms with Crippen LogP contribution in [0.4, 0.5) is 4.39 Å². The second-order valence-corrected chi connectivity index (χ2v) is 6.25. The molecular formula is C20H26FN3O. The van der Waals surface area contributed by atoms with Gasteiger partial charge in [0.2, 0.25) is 0 Å². The Labute approximate surface area is 148 Å². The maximum atomic E-state index is 14.3. The molecule has 134 valence electrons. The van der Waals surface area contributed by atoms with Crippen molar-refractivity contribution in [2.24, 2.45) is 0 Å². The van der Waals surface area contributed by atoms with Gasteiger partial charge in [-0.2, -0.15) is 0 Å². The SMILES string of the molecule is C#CCC(=O)c1cc2cc(CN3CCNCC3)c(F)cc2[nH]1.CCC. The summed E-state index contributed by atoms with van der Waals surface area (Å²) in [6, 6.07) is 5.02. The fourth-order valence-electron chi connectivity index (χ4n) is 2.77. The summed E-state index contributed by atoms with van der Waals surface area (Å²) >= 11 is 0. The van der Waals surface area contributed by atoms with Gasteiger partial charge in [-0.25, -0.2) is 4.39 Å². The first-order valence-corrected chi connectivity index (χ1v) is 8.79. The van der Waals surface area contributed by atoms with E-state index in [1.165, 1.54) is 12.5 Å². The van der Waals surface area contributed by atoms with Crippen LogP contribution in [0.2, 0.25) is 0 Å². The molecule has 0 spiro atoms. The Balaban J connectivity index is 0.000000701. The number of carbonyl (C=O) groups is 1. The van der Waals surface area contributed by atoms with Gasteiger partial charge in [-0.05, 0) is 18.2 Å². The van der Waals surface area contributed by atoms with E-state index in [4.69, 9.17) is 6.42 Å². The summed E-state index contributed by atoms with van der Waals surface area (Å²) in [5.74, 6) is 1.93. The van der Waals surface area contributed by atoms with E-state index in [2.05, 4.69) is 35.0 Å². The number of ketones is 1. The van der Waals surface area contributed by atoms with Gasteiger partial charge in [-0.1, -0.05) is 26.2 Å². The maximum absolute atomic E-state index is 14.3. The third-order valence-corrected chi connectivity index (χ3v) is 3.95. The maximum Gasteiger partial charge on any atom is 0.190 e. The number of benzene rings is 1. The van der Waals surface area contributed by atoms with E-state index in [-0.39, 0.29) is 18.0 Å². The van der Waals surface area contributed by atoms with Crippen molar-refractivity contribution in [1.29, 1.82) is 0 Å². The lowest BCUT2D eigenvalue weighted by atomic mass is 10.1. The number of nitrogens with one attached hydrogen (secondary N) is 2. The van der Waals surface area contributed by atoms with E-state index in [1.807, 2.05) is 6.07 Å². The number of rotatable bonds is 4. The van der Waals surface area contributed by atoms with Crippen LogP contribution in [0.1, 0.15) is 42.7 Å². The van der Waals surface area contributed by atoms with E-state index in [9.17, 15) is 9.18 Å². The molecule has 5 heteroatoms. The number of carbonyl (C=O) groups excluding carboxylic acids is 1. The molecule has 0 saturated carbocycles. The van der Waals surface area contributed by atoms with Gasteiger partial charge in [0.05, 0.1) is 12.1 Å². The summed E-state index contributed by atoms with van der Waals surface area (Å²) in [5.41, 5.74) is 1.72. The van der Waals surface area contributed by atoms with Crippen molar-refractivity contribution in [3.05, 3.63) is 35.3 Å². The first-order valence-electron chi connectivity index (χ1n) is 8.79. The smallest absolute Gasteiger partial charge is 0.190 e. The summed E-state index contributed by atoms with van der Waals surface area (Å²) in [5, 5.41) is 4.12. The van der Waals surface area contributed by atoms with E-state index in [0.717, 1.165) is 31.6 Å². The number of nitrogens with zero attached hydrogens (tertiary/aromatic N) is 1. The molecule has 0 atom stereocenters. The largest absolute Gasteiger partial charge is 0.352 e. The molecule has 0 aliphatic carbocycles. The zero-order chi connectivity index (χ0) is 18.2. The van der Waals surface area contributed by atoms with Crippen LogP contribution in [0, 0.1) is 18.2 Å². The van der Waals surface area contributed by atoms with E-state index >= 15 is 0 Å². The third-order valence-electron chi connectivity index (χ3n) is 3.95. The molecule has 4 nitrogen and oxygen atoms in total. The predicted molar refractivity (Wildman–Crippen MR) is 100 cm³/mol. The predicted octanol–water partition coefficient (Wildman–Crippen LogP) is 3.33. The molecule has 25 heavy (non-hydrogen) atoms. The van der Waals surface area contributed by atoms with Crippen LogP contribution >= 0.6 is 0 Å². The number of terminal acetylenes is 1. The summed E-state index contributed by atoms with van der Waals surface area (Å²) in [6.45, 7) is 8.52. The highest BCUT2D eigenvalue weighted by Crippen LogP contribution is 2.22. The van der Waals surface area contributed by atoms with E-state index < -0.39 is 0 Å². The Morgan fingerprint density at radius 3 is 2.60 bits per heavy atom. The van der Waals surface area contributed by atoms with Crippen molar-refractivity contribution in [2.45, 2.75) is 33.2 Å². The number of hydrogen-bond acceptors (Lipinski definition) is 3. The highest BCUT2D eigenvalue weighted by Gasteiger charge is 2.15. The number of H-pyrrole nitrogens is 1. The molecule has 1 fully saturated rings. The molecule has 1 aliphatic heterocycles. The fourth-order valence-corrected chi connectivity index (χ4v) is 2.77. The fraction of sp³-hybridized carbons (Fsp3) is 0.450. The molecule has 2 N–H and O–H groups in total. The zero-order valence-electron chi connectivity index (χ0n) is 15.0. The van der Waals surface area contributed by atoms with Crippen molar-refractivity contribution in [3.8, 4) is 12.3 Å². The number of hydrogen-bond donors (Lipinski definition) is 2. The van der Waals surface area contributed by atoms with Gasteiger partial charge in [-0.3, -0.25) is 9.69 Å². The second-order valence-electron chi connectivity index (χ2n) is 6.25. The molecule has 2 heterocycles. The summed E-state index contributed by atoms with van der Waals surface area (Å²) in [7, 11) is 0. The highest BCUT2D eigenvalue weighted by atomic mass is 19.1. The van der Waals surface area contributed by atoms with Gasteiger partial charge in [0.1, 0.15) is 5.82 Å². The lowest BCUT2D eigenvalue weighted by Gasteiger charge is -2.27. The van der Waals surface area contributed by atoms with Crippen LogP contribution < -0.4 is 5.32 Å². The lowest BCUT2D eigenvalue weighted by molar-refractivity contribution is 0.0994. The Hall–Kier alpha value is -2.16. The number of Topliss-reactive ketones (excluding diaryl/α,β-unsaturated/α-hetero) is 1. The number of fused-ring (bicyclic) bond motifs is 1. The molecule has 3 rings (SSSR count). The summed E-state index contributed by atoms with van der Waals surface area (Å²) < 4.78 is 14.3. The monoisotopic (exact) mass is 343 g/mol. The molecular weight excluding hydrogens is 317 g/mol. The lowest BCUT2D eigenvalue weighted by Crippen LogP contribution is -2.43. The van der Waals surface area contributed by atoms with Crippen LogP contribution in [-0.4, -0.2) is 41.8 Å². The van der Waals surface area contributed by atoms with E-state index in [1.54, 1.807) is 6.07 Å². The molecule has 1 saturated heterocycles. The molecule has 0 bridgehead atoms. The number of aromatic amines is 1. The van der Waals surface area contributed by atoms with Crippen molar-refractivity contribution in [3.63, 3.8) is 0 Å². The van der Waals surface area contributed by atoms with Crippen molar-refractivity contribution < 1.29 is 9.18 Å². The average Bonchev–Trinajstić information content (AvgIpc) is 3.00. The van der Waals surface area contributed by atoms with Crippen LogP contribution in [0.5, 0.6) is 0 Å². The minimum absolute atomic E-state index is 0.0446. The minimum Gasteiger partial charge on any atom is -0.352 e. The van der Waals surface area contributed by atoms with E-state index in [0.29, 0.717) is 23.3 Å². The quantitative estimate of drug-likeness (QED) is 0.661. The highest BCUT2D eigenvalue weighted by molar-refractivity contribution is 6.00. The molecule has 1 aromatic carbocycles. The van der Waals surface area contributed by atoms with Gasteiger partial charge < -0.3 is 10.3 Å². The first kappa shape index (κ1) is 19.2. The average molecular weight is 343 g/mol. The molecule has 2 aromatic rings. The normalized spacial score (nSPS) is 14.6. The second kappa shape index (κ2) is 9.36. The minimum atomic E-state index is -0.246. The van der Waals surface area contributed by atoms with Crippen LogP contribution in [0.15, 0.2) is 18.2 Å². The molecule has 1 aliphatic rings. The number of halogens is 1. The molecule has 0 radical (unpaired) electrons.